The van der Waals surface area contributed by atoms with Crippen molar-refractivity contribution in [2.45, 2.75) is 110 Å². The molecular formula is C53H92BrCl4N7O7. The SMILES string of the molecule is CC(C)(C)OC(=O)OC(=O)OC(C)(C)C.CN(C)CCCCc1ccc(Cl)cc1.CN(C)CCN.CN(C)CCNC(=O)OC(C)(C)C.CN(C)CCNCc1ccc(Cl)cc1.Cl.Clc1ccc(CBr)cc1. The number of nitrogens with two attached hydrogens (primary N) is 1. The highest BCUT2D eigenvalue weighted by Gasteiger charge is 2.24. The Labute approximate surface area is 465 Å². The van der Waals surface area contributed by atoms with Crippen molar-refractivity contribution < 1.29 is 33.3 Å². The summed E-state index contributed by atoms with van der Waals surface area (Å²) in [6.07, 6.45) is 1.20. The summed E-state index contributed by atoms with van der Waals surface area (Å²) < 4.78 is 18.9. The van der Waals surface area contributed by atoms with E-state index in [9.17, 15) is 14.4 Å². The second-order valence-electron chi connectivity index (χ2n) is 20.1. The van der Waals surface area contributed by atoms with E-state index in [0.29, 0.717) is 6.54 Å². The molecule has 0 heterocycles. The Bertz CT molecular complexity index is 1710. The minimum atomic E-state index is -1.06. The van der Waals surface area contributed by atoms with Crippen LogP contribution in [-0.4, -0.2) is 157 Å². The lowest BCUT2D eigenvalue weighted by molar-refractivity contribution is -0.0294. The van der Waals surface area contributed by atoms with Gasteiger partial charge in [-0.05, 0) is 198 Å². The molecule has 72 heavy (non-hydrogen) atoms. The number of likely N-dealkylation sites (N-methyl/N-ethyl adjacent to an activating group) is 3. The molecule has 3 aromatic rings. The smallest absolute Gasteiger partial charge is 0.444 e. The zero-order valence-electron chi connectivity index (χ0n) is 46.6. The molecule has 0 aliphatic carbocycles. The quantitative estimate of drug-likeness (QED) is 0.0411. The molecule has 0 aromatic heterocycles. The second kappa shape index (κ2) is 43.3. The van der Waals surface area contributed by atoms with Gasteiger partial charge in [-0.1, -0.05) is 87.1 Å². The van der Waals surface area contributed by atoms with Crippen LogP contribution < -0.4 is 16.4 Å². The van der Waals surface area contributed by atoms with E-state index in [1.54, 1.807) is 41.5 Å². The van der Waals surface area contributed by atoms with Crippen LogP contribution in [0.5, 0.6) is 0 Å². The summed E-state index contributed by atoms with van der Waals surface area (Å²) in [5, 5.41) is 9.33. The monoisotopic (exact) mass is 1160 g/mol. The van der Waals surface area contributed by atoms with Crippen molar-refractivity contribution in [3.63, 3.8) is 0 Å². The maximum Gasteiger partial charge on any atom is 0.519 e. The standard InChI is InChI=1S/C12H18ClN.C11H17ClN2.C10H18O5.C9H20N2O2.C7H6BrCl.C4H12N2.ClH/c1-14(2)10-4-3-5-11-6-8-12(13)9-7-11;1-14(2)8-7-13-9-10-3-5-11(12)6-4-10;1-9(2,3)14-7(11)13-8(12)15-10(4,5)6;1-9(2,3)13-8(12)10-6-7-11(4)5;8-5-6-1-3-7(9)4-2-6;1-6(2)4-3-5;/h6-9H,3-5,10H2,1-2H3;3-6,13H,7-9H2,1-2H3;1-6H3;6-7H2,1-5H3,(H,10,12);1-4H,5H2;3-5H2,1-2H3;1H. The van der Waals surface area contributed by atoms with Crippen LogP contribution >= 0.6 is 63.1 Å². The summed E-state index contributed by atoms with van der Waals surface area (Å²) in [4.78, 5) is 41.5. The fourth-order valence-corrected chi connectivity index (χ4v) is 5.43. The molecule has 0 spiro atoms. The van der Waals surface area contributed by atoms with Gasteiger partial charge in [-0.15, -0.1) is 12.4 Å². The van der Waals surface area contributed by atoms with Crippen molar-refractivity contribution in [2.24, 2.45) is 5.73 Å². The van der Waals surface area contributed by atoms with E-state index in [2.05, 4.69) is 86.3 Å². The third-order valence-corrected chi connectivity index (χ3v) is 9.43. The molecule has 0 aliphatic heterocycles. The van der Waals surface area contributed by atoms with Crippen molar-refractivity contribution in [2.75, 3.05) is 102 Å². The zero-order valence-corrected chi connectivity index (χ0v) is 51.2. The predicted molar refractivity (Wildman–Crippen MR) is 310 cm³/mol. The number of halogens is 5. The van der Waals surface area contributed by atoms with Crippen molar-refractivity contribution >= 4 is 81.5 Å². The second-order valence-corrected chi connectivity index (χ2v) is 22.0. The predicted octanol–water partition coefficient (Wildman–Crippen LogP) is 12.3. The largest absolute Gasteiger partial charge is 0.519 e. The molecule has 0 saturated heterocycles. The summed E-state index contributed by atoms with van der Waals surface area (Å²) in [5.41, 5.74) is 7.29. The van der Waals surface area contributed by atoms with Crippen molar-refractivity contribution in [3.05, 3.63) is 105 Å². The Morgan fingerprint density at radius 3 is 1.22 bits per heavy atom. The number of carbonyl (C=O) groups excluding carboxylic acids is 3. The van der Waals surface area contributed by atoms with Crippen LogP contribution in [0, 0.1) is 0 Å². The van der Waals surface area contributed by atoms with E-state index in [-0.39, 0.29) is 18.5 Å². The first-order valence-corrected chi connectivity index (χ1v) is 25.9. The van der Waals surface area contributed by atoms with Gasteiger partial charge >= 0.3 is 18.4 Å². The maximum absolute atomic E-state index is 11.1. The van der Waals surface area contributed by atoms with Crippen LogP contribution in [0.2, 0.25) is 15.1 Å². The molecule has 0 fully saturated rings. The highest BCUT2D eigenvalue weighted by atomic mass is 79.9. The Balaban J connectivity index is -0.000000391. The number of nitrogens with one attached hydrogen (secondary N) is 2. The molecule has 14 nitrogen and oxygen atoms in total. The zero-order chi connectivity index (χ0) is 55.2. The third-order valence-electron chi connectivity index (χ3n) is 8.03. The molecule has 1 amide bonds. The van der Waals surface area contributed by atoms with Crippen LogP contribution in [0.3, 0.4) is 0 Å². The minimum absolute atomic E-state index is 0. The lowest BCUT2D eigenvalue weighted by Gasteiger charge is -2.20. The van der Waals surface area contributed by atoms with E-state index in [0.717, 1.165) is 66.1 Å². The highest BCUT2D eigenvalue weighted by Crippen LogP contribution is 2.14. The molecule has 416 valence electrons. The number of benzene rings is 3. The van der Waals surface area contributed by atoms with Gasteiger partial charge in [0.15, 0.2) is 0 Å². The molecule has 0 atom stereocenters. The number of alkyl carbamates (subject to hydrolysis) is 1. The van der Waals surface area contributed by atoms with Gasteiger partial charge in [-0.25, -0.2) is 14.4 Å². The van der Waals surface area contributed by atoms with Crippen molar-refractivity contribution in [1.82, 2.24) is 30.2 Å². The lowest BCUT2D eigenvalue weighted by atomic mass is 10.1. The first-order chi connectivity index (χ1) is 32.8. The molecule has 0 bridgehead atoms. The average molecular weight is 1160 g/mol. The number of unbranched alkanes of at least 4 members (excludes halogenated alkanes) is 1. The lowest BCUT2D eigenvalue weighted by Crippen LogP contribution is -2.36. The molecule has 3 aromatic carbocycles. The van der Waals surface area contributed by atoms with Gasteiger partial charge in [0, 0.05) is 66.2 Å². The molecule has 0 radical (unpaired) electrons. The first kappa shape index (κ1) is 75.6. The molecular weight excluding hydrogens is 1070 g/mol. The Morgan fingerprint density at radius 2 is 0.889 bits per heavy atom. The molecule has 4 N–H and O–H groups in total. The summed E-state index contributed by atoms with van der Waals surface area (Å²) in [5.74, 6) is 0. The number of hydrogen-bond acceptors (Lipinski definition) is 13. The Morgan fingerprint density at radius 1 is 0.528 bits per heavy atom. The summed E-state index contributed by atoms with van der Waals surface area (Å²) in [6, 6.07) is 23.8. The van der Waals surface area contributed by atoms with Crippen molar-refractivity contribution in [1.29, 1.82) is 0 Å². The normalized spacial score (nSPS) is 10.8. The van der Waals surface area contributed by atoms with Gasteiger partial charge in [0.1, 0.15) is 16.8 Å². The summed E-state index contributed by atoms with van der Waals surface area (Å²) >= 11 is 20.6. The minimum Gasteiger partial charge on any atom is -0.444 e. The number of nitrogens with zero attached hydrogens (tertiary/aromatic N) is 4. The van der Waals surface area contributed by atoms with Gasteiger partial charge in [0.05, 0.1) is 0 Å². The van der Waals surface area contributed by atoms with Crippen LogP contribution in [0.4, 0.5) is 14.4 Å². The van der Waals surface area contributed by atoms with E-state index in [1.807, 2.05) is 115 Å². The molecule has 3 rings (SSSR count). The highest BCUT2D eigenvalue weighted by molar-refractivity contribution is 9.08. The van der Waals surface area contributed by atoms with E-state index >= 15 is 0 Å². The van der Waals surface area contributed by atoms with Crippen LogP contribution in [0.15, 0.2) is 72.8 Å². The topological polar surface area (TPSA) is 151 Å². The average Bonchev–Trinajstić information content (AvgIpc) is 3.21. The van der Waals surface area contributed by atoms with Gasteiger partial charge < -0.3 is 54.9 Å². The molecule has 0 saturated carbocycles. The fraction of sp³-hybridized carbons (Fsp3) is 0.604. The van der Waals surface area contributed by atoms with Crippen LogP contribution in [0.1, 0.15) is 91.8 Å². The van der Waals surface area contributed by atoms with Crippen LogP contribution in [0.25, 0.3) is 0 Å². The Hall–Kier alpha value is -2.93. The number of hydrogen-bond donors (Lipinski definition) is 3. The number of carbonyl (C=O) groups is 3. The first-order valence-electron chi connectivity index (χ1n) is 23.7. The van der Waals surface area contributed by atoms with Gasteiger partial charge in [0.2, 0.25) is 0 Å². The fourth-order valence-electron chi connectivity index (χ4n) is 4.68. The van der Waals surface area contributed by atoms with Gasteiger partial charge in [-0.3, -0.25) is 0 Å². The summed E-state index contributed by atoms with van der Waals surface area (Å²) in [6.45, 7) is 22.9. The van der Waals surface area contributed by atoms with E-state index < -0.39 is 29.1 Å². The van der Waals surface area contributed by atoms with Crippen molar-refractivity contribution in [3.8, 4) is 0 Å². The number of alkyl halides is 1. The summed E-state index contributed by atoms with van der Waals surface area (Å²) in [7, 11) is 16.3. The molecule has 0 aliphatic rings. The van der Waals surface area contributed by atoms with Crippen LogP contribution in [-0.2, 0) is 37.2 Å². The number of ether oxygens (including phenoxy) is 4. The molecule has 0 unspecified atom stereocenters. The number of amides is 1. The van der Waals surface area contributed by atoms with E-state index in [4.69, 9.17) is 54.7 Å². The van der Waals surface area contributed by atoms with Gasteiger partial charge in [-0.2, -0.15) is 0 Å². The molecule has 19 heteroatoms. The number of aryl methyl sites for hydroxylation is 1. The van der Waals surface area contributed by atoms with E-state index in [1.165, 1.54) is 36.1 Å². The third kappa shape index (κ3) is 58.0. The Kier molecular flexibility index (Phi) is 45.5. The maximum atomic E-state index is 11.1. The number of rotatable bonds is 16. The van der Waals surface area contributed by atoms with Gasteiger partial charge in [0.25, 0.3) is 0 Å².